The lowest BCUT2D eigenvalue weighted by Gasteiger charge is -2.21. The first-order chi connectivity index (χ1) is 8.14. The molecule has 0 saturated heterocycles. The zero-order valence-corrected chi connectivity index (χ0v) is 10.8. The molecular weight excluding hydrogens is 214 g/mol. The van der Waals surface area contributed by atoms with E-state index in [2.05, 4.69) is 19.1 Å². The lowest BCUT2D eigenvalue weighted by atomic mass is 9.89. The van der Waals surface area contributed by atoms with Crippen LogP contribution in [0.2, 0.25) is 0 Å². The Labute approximate surface area is 103 Å². The maximum atomic E-state index is 6.09. The Hall–Kier alpha value is -1.22. The van der Waals surface area contributed by atoms with Crippen molar-refractivity contribution in [1.82, 2.24) is 0 Å². The second kappa shape index (κ2) is 4.57. The zero-order valence-electron chi connectivity index (χ0n) is 10.8. The van der Waals surface area contributed by atoms with Crippen LogP contribution in [0.3, 0.4) is 0 Å². The third-order valence-corrected chi connectivity index (χ3v) is 3.70. The van der Waals surface area contributed by atoms with E-state index in [9.17, 15) is 0 Å². The van der Waals surface area contributed by atoms with Gasteiger partial charge >= 0.3 is 0 Å². The minimum Gasteiger partial charge on any atom is -0.493 e. The largest absolute Gasteiger partial charge is 0.493 e. The fourth-order valence-electron chi connectivity index (χ4n) is 2.40. The maximum absolute atomic E-state index is 6.09. The SMILES string of the molecule is CCOc1cc(C2(C(C)N)CC2)ccc1OC. The first kappa shape index (κ1) is 12.2. The van der Waals surface area contributed by atoms with Crippen LogP contribution in [0.1, 0.15) is 32.3 Å². The van der Waals surface area contributed by atoms with Gasteiger partial charge in [0.25, 0.3) is 0 Å². The van der Waals surface area contributed by atoms with E-state index in [0.29, 0.717) is 6.61 Å². The summed E-state index contributed by atoms with van der Waals surface area (Å²) in [5.74, 6) is 1.61. The molecule has 2 rings (SSSR count). The summed E-state index contributed by atoms with van der Waals surface area (Å²) < 4.78 is 10.9. The Morgan fingerprint density at radius 1 is 1.35 bits per heavy atom. The summed E-state index contributed by atoms with van der Waals surface area (Å²) in [7, 11) is 1.66. The van der Waals surface area contributed by atoms with Crippen molar-refractivity contribution >= 4 is 0 Å². The van der Waals surface area contributed by atoms with Crippen LogP contribution in [0.15, 0.2) is 18.2 Å². The molecule has 2 N–H and O–H groups in total. The van der Waals surface area contributed by atoms with E-state index in [1.807, 2.05) is 13.0 Å². The van der Waals surface area contributed by atoms with Gasteiger partial charge in [0.2, 0.25) is 0 Å². The molecule has 1 unspecified atom stereocenters. The Morgan fingerprint density at radius 2 is 2.06 bits per heavy atom. The number of hydrogen-bond acceptors (Lipinski definition) is 3. The van der Waals surface area contributed by atoms with Gasteiger partial charge in [-0.2, -0.15) is 0 Å². The van der Waals surface area contributed by atoms with Crippen molar-refractivity contribution in [2.24, 2.45) is 5.73 Å². The van der Waals surface area contributed by atoms with Crippen LogP contribution in [0.5, 0.6) is 11.5 Å². The molecule has 1 fully saturated rings. The summed E-state index contributed by atoms with van der Waals surface area (Å²) in [5, 5.41) is 0. The van der Waals surface area contributed by atoms with Gasteiger partial charge in [-0.15, -0.1) is 0 Å². The Kier molecular flexibility index (Phi) is 3.29. The van der Waals surface area contributed by atoms with E-state index >= 15 is 0 Å². The average Bonchev–Trinajstić information content (AvgIpc) is 3.10. The van der Waals surface area contributed by atoms with E-state index in [4.69, 9.17) is 15.2 Å². The Balaban J connectivity index is 2.34. The lowest BCUT2D eigenvalue weighted by Crippen LogP contribution is -2.31. The van der Waals surface area contributed by atoms with Gasteiger partial charge in [0.15, 0.2) is 11.5 Å². The summed E-state index contributed by atoms with van der Waals surface area (Å²) >= 11 is 0. The van der Waals surface area contributed by atoms with Gasteiger partial charge in [0, 0.05) is 11.5 Å². The molecular formula is C14H21NO2. The van der Waals surface area contributed by atoms with Crippen LogP contribution in [0.4, 0.5) is 0 Å². The third kappa shape index (κ3) is 2.12. The van der Waals surface area contributed by atoms with Crippen LogP contribution >= 0.6 is 0 Å². The molecule has 1 aromatic carbocycles. The van der Waals surface area contributed by atoms with Gasteiger partial charge in [-0.05, 0) is 44.4 Å². The number of hydrogen-bond donors (Lipinski definition) is 1. The van der Waals surface area contributed by atoms with Crippen LogP contribution < -0.4 is 15.2 Å². The van der Waals surface area contributed by atoms with Gasteiger partial charge in [-0.1, -0.05) is 6.07 Å². The molecule has 1 aromatic rings. The average molecular weight is 235 g/mol. The highest BCUT2D eigenvalue weighted by Crippen LogP contribution is 2.51. The fourth-order valence-corrected chi connectivity index (χ4v) is 2.40. The molecule has 0 aliphatic heterocycles. The van der Waals surface area contributed by atoms with Crippen LogP contribution in [-0.2, 0) is 5.41 Å². The minimum atomic E-state index is 0.165. The van der Waals surface area contributed by atoms with E-state index in [1.54, 1.807) is 7.11 Å². The van der Waals surface area contributed by atoms with Crippen molar-refractivity contribution in [1.29, 1.82) is 0 Å². The first-order valence-corrected chi connectivity index (χ1v) is 6.21. The highest BCUT2D eigenvalue weighted by molar-refractivity contribution is 5.47. The predicted octanol–water partition coefficient (Wildman–Crippen LogP) is 2.47. The Morgan fingerprint density at radius 3 is 2.53 bits per heavy atom. The second-order valence-corrected chi connectivity index (χ2v) is 4.74. The summed E-state index contributed by atoms with van der Waals surface area (Å²) in [5.41, 5.74) is 7.53. The Bertz CT molecular complexity index is 397. The predicted molar refractivity (Wildman–Crippen MR) is 68.7 cm³/mol. The highest BCUT2D eigenvalue weighted by Gasteiger charge is 2.47. The topological polar surface area (TPSA) is 44.5 Å². The molecule has 1 aliphatic carbocycles. The number of ether oxygens (including phenoxy) is 2. The number of nitrogens with two attached hydrogens (primary N) is 1. The van der Waals surface area contributed by atoms with E-state index in [-0.39, 0.29) is 11.5 Å². The molecule has 0 bridgehead atoms. The molecule has 0 radical (unpaired) electrons. The summed E-state index contributed by atoms with van der Waals surface area (Å²) in [6.45, 7) is 4.70. The lowest BCUT2D eigenvalue weighted by molar-refractivity contribution is 0.310. The van der Waals surface area contributed by atoms with Crippen molar-refractivity contribution in [3.05, 3.63) is 23.8 Å². The zero-order chi connectivity index (χ0) is 12.5. The monoisotopic (exact) mass is 235 g/mol. The summed E-state index contributed by atoms with van der Waals surface area (Å²) in [4.78, 5) is 0. The van der Waals surface area contributed by atoms with Crippen LogP contribution in [0, 0.1) is 0 Å². The standard InChI is InChI=1S/C14H21NO2/c1-4-17-13-9-11(5-6-12(13)16-3)14(7-8-14)10(2)15/h5-6,9-10H,4,7-8,15H2,1-3H3. The molecule has 0 spiro atoms. The maximum Gasteiger partial charge on any atom is 0.161 e. The van der Waals surface area contributed by atoms with E-state index in [1.165, 1.54) is 18.4 Å². The molecule has 1 saturated carbocycles. The van der Waals surface area contributed by atoms with Crippen molar-refractivity contribution in [2.45, 2.75) is 38.1 Å². The molecule has 0 heterocycles. The molecule has 17 heavy (non-hydrogen) atoms. The molecule has 3 heteroatoms. The molecule has 1 atom stereocenters. The second-order valence-electron chi connectivity index (χ2n) is 4.74. The minimum absolute atomic E-state index is 0.165. The van der Waals surface area contributed by atoms with Gasteiger partial charge in [-0.3, -0.25) is 0 Å². The van der Waals surface area contributed by atoms with Gasteiger partial charge < -0.3 is 15.2 Å². The fraction of sp³-hybridized carbons (Fsp3) is 0.571. The summed E-state index contributed by atoms with van der Waals surface area (Å²) in [6, 6.07) is 6.35. The third-order valence-electron chi connectivity index (χ3n) is 3.70. The van der Waals surface area contributed by atoms with E-state index in [0.717, 1.165) is 11.5 Å². The van der Waals surface area contributed by atoms with Crippen LogP contribution in [0.25, 0.3) is 0 Å². The van der Waals surface area contributed by atoms with Crippen molar-refractivity contribution in [3.8, 4) is 11.5 Å². The van der Waals surface area contributed by atoms with Crippen molar-refractivity contribution in [3.63, 3.8) is 0 Å². The molecule has 0 amide bonds. The molecule has 0 aromatic heterocycles. The molecule has 94 valence electrons. The molecule has 3 nitrogen and oxygen atoms in total. The van der Waals surface area contributed by atoms with Gasteiger partial charge in [-0.25, -0.2) is 0 Å². The van der Waals surface area contributed by atoms with E-state index < -0.39 is 0 Å². The highest BCUT2D eigenvalue weighted by atomic mass is 16.5. The normalized spacial score (nSPS) is 18.6. The van der Waals surface area contributed by atoms with Gasteiger partial charge in [0.1, 0.15) is 0 Å². The smallest absolute Gasteiger partial charge is 0.161 e. The van der Waals surface area contributed by atoms with Crippen molar-refractivity contribution < 1.29 is 9.47 Å². The molecule has 1 aliphatic rings. The number of benzene rings is 1. The van der Waals surface area contributed by atoms with Gasteiger partial charge in [0.05, 0.1) is 13.7 Å². The van der Waals surface area contributed by atoms with Crippen LogP contribution in [-0.4, -0.2) is 19.8 Å². The van der Waals surface area contributed by atoms with Crippen molar-refractivity contribution in [2.75, 3.05) is 13.7 Å². The quantitative estimate of drug-likeness (QED) is 0.852. The first-order valence-electron chi connectivity index (χ1n) is 6.21. The summed E-state index contributed by atoms with van der Waals surface area (Å²) in [6.07, 6.45) is 2.34. The number of rotatable bonds is 5. The number of methoxy groups -OCH3 is 1.